The molecule has 110 valence electrons. The quantitative estimate of drug-likeness (QED) is 0.903. The second-order valence-electron chi connectivity index (χ2n) is 5.78. The van der Waals surface area contributed by atoms with Gasteiger partial charge in [0.25, 0.3) is 5.91 Å². The van der Waals surface area contributed by atoms with E-state index in [1.165, 1.54) is 0 Å². The van der Waals surface area contributed by atoms with Crippen molar-refractivity contribution in [2.45, 2.75) is 33.2 Å². The summed E-state index contributed by atoms with van der Waals surface area (Å²) in [6.45, 7) is 6.34. The van der Waals surface area contributed by atoms with Crippen molar-refractivity contribution in [3.8, 4) is 0 Å². The molecule has 1 amide bonds. The molecule has 1 aromatic heterocycles. The van der Waals surface area contributed by atoms with E-state index in [-0.39, 0.29) is 11.9 Å². The molecule has 0 saturated heterocycles. The van der Waals surface area contributed by atoms with Gasteiger partial charge in [-0.3, -0.25) is 9.78 Å². The van der Waals surface area contributed by atoms with E-state index in [9.17, 15) is 4.79 Å². The summed E-state index contributed by atoms with van der Waals surface area (Å²) >= 11 is 0. The summed E-state index contributed by atoms with van der Waals surface area (Å²) in [4.78, 5) is 16.8. The Balaban J connectivity index is 2.19. The van der Waals surface area contributed by atoms with Gasteiger partial charge in [-0.25, -0.2) is 0 Å². The monoisotopic (exact) mass is 282 g/mol. The number of amides is 1. The topological polar surface area (TPSA) is 42.0 Å². The largest absolute Gasteiger partial charge is 0.344 e. The van der Waals surface area contributed by atoms with Gasteiger partial charge in [-0.05, 0) is 49.1 Å². The van der Waals surface area contributed by atoms with Crippen LogP contribution in [0.1, 0.15) is 47.9 Å². The lowest BCUT2D eigenvalue weighted by Crippen LogP contribution is -2.30. The molecule has 2 rings (SSSR count). The van der Waals surface area contributed by atoms with Crippen LogP contribution in [-0.4, -0.2) is 10.9 Å². The summed E-state index contributed by atoms with van der Waals surface area (Å²) < 4.78 is 0. The Morgan fingerprint density at radius 1 is 1.19 bits per heavy atom. The summed E-state index contributed by atoms with van der Waals surface area (Å²) in [7, 11) is 0. The van der Waals surface area contributed by atoms with Gasteiger partial charge in [0.1, 0.15) is 0 Å². The van der Waals surface area contributed by atoms with Crippen LogP contribution >= 0.6 is 0 Å². The molecule has 1 unspecified atom stereocenters. The third kappa shape index (κ3) is 4.42. The molecule has 0 aliphatic carbocycles. The van der Waals surface area contributed by atoms with E-state index >= 15 is 0 Å². The number of carbonyl (C=O) groups excluding carboxylic acids is 1. The van der Waals surface area contributed by atoms with Crippen molar-refractivity contribution in [3.05, 3.63) is 65.5 Å². The fourth-order valence-electron chi connectivity index (χ4n) is 2.31. The molecule has 2 aromatic rings. The molecule has 0 radical (unpaired) electrons. The number of benzene rings is 1. The first-order chi connectivity index (χ1) is 10.1. The third-order valence-electron chi connectivity index (χ3n) is 3.34. The molecule has 21 heavy (non-hydrogen) atoms. The molecule has 1 aromatic carbocycles. The third-order valence-corrected chi connectivity index (χ3v) is 3.34. The molecule has 1 N–H and O–H groups in total. The number of pyridine rings is 1. The second kappa shape index (κ2) is 7.02. The van der Waals surface area contributed by atoms with Crippen molar-refractivity contribution in [2.75, 3.05) is 0 Å². The maximum atomic E-state index is 12.4. The zero-order valence-electron chi connectivity index (χ0n) is 12.8. The minimum absolute atomic E-state index is 0.0513. The minimum atomic E-state index is -0.0578. The number of nitrogens with zero attached hydrogens (tertiary/aromatic N) is 1. The van der Waals surface area contributed by atoms with Gasteiger partial charge >= 0.3 is 0 Å². The smallest absolute Gasteiger partial charge is 0.251 e. The fraction of sp³-hybridized carbons (Fsp3) is 0.333. The molecule has 0 aliphatic rings. The van der Waals surface area contributed by atoms with Gasteiger partial charge in [-0.1, -0.05) is 32.0 Å². The number of aryl methyl sites for hydroxylation is 1. The standard InChI is InChI=1S/C18H22N2O/c1-13(2)11-17(16-12-14(3)9-10-19-16)20-18(21)15-7-5-4-6-8-15/h4-10,12-13,17H,11H2,1-3H3,(H,20,21). The van der Waals surface area contributed by atoms with Crippen LogP contribution in [0, 0.1) is 12.8 Å². The van der Waals surface area contributed by atoms with Crippen LogP contribution < -0.4 is 5.32 Å². The van der Waals surface area contributed by atoms with Crippen LogP contribution in [0.5, 0.6) is 0 Å². The van der Waals surface area contributed by atoms with E-state index in [0.29, 0.717) is 11.5 Å². The Labute approximate surface area is 126 Å². The Bertz CT molecular complexity index is 593. The number of nitrogens with one attached hydrogen (secondary N) is 1. The Hall–Kier alpha value is -2.16. The van der Waals surface area contributed by atoms with Gasteiger partial charge in [0, 0.05) is 11.8 Å². The highest BCUT2D eigenvalue weighted by atomic mass is 16.1. The van der Waals surface area contributed by atoms with Crippen molar-refractivity contribution in [3.63, 3.8) is 0 Å². The van der Waals surface area contributed by atoms with Crippen molar-refractivity contribution >= 4 is 5.91 Å². The predicted molar refractivity (Wildman–Crippen MR) is 85.1 cm³/mol. The minimum Gasteiger partial charge on any atom is -0.344 e. The number of hydrogen-bond donors (Lipinski definition) is 1. The van der Waals surface area contributed by atoms with Crippen LogP contribution in [0.2, 0.25) is 0 Å². The zero-order valence-corrected chi connectivity index (χ0v) is 12.8. The first kappa shape index (κ1) is 15.2. The predicted octanol–water partition coefficient (Wildman–Crippen LogP) is 3.91. The van der Waals surface area contributed by atoms with Gasteiger partial charge in [0.2, 0.25) is 0 Å². The van der Waals surface area contributed by atoms with E-state index in [2.05, 4.69) is 24.1 Å². The highest BCUT2D eigenvalue weighted by molar-refractivity contribution is 5.94. The Morgan fingerprint density at radius 3 is 2.52 bits per heavy atom. The van der Waals surface area contributed by atoms with E-state index < -0.39 is 0 Å². The Kier molecular flexibility index (Phi) is 5.09. The molecule has 0 bridgehead atoms. The van der Waals surface area contributed by atoms with E-state index in [0.717, 1.165) is 17.7 Å². The second-order valence-corrected chi connectivity index (χ2v) is 5.78. The van der Waals surface area contributed by atoms with Gasteiger partial charge in [0.05, 0.1) is 11.7 Å². The number of aromatic nitrogens is 1. The SMILES string of the molecule is Cc1ccnc(C(CC(C)C)NC(=O)c2ccccc2)c1. The normalized spacial score (nSPS) is 12.2. The van der Waals surface area contributed by atoms with Crippen molar-refractivity contribution in [2.24, 2.45) is 5.92 Å². The summed E-state index contributed by atoms with van der Waals surface area (Å²) in [5.74, 6) is 0.429. The fourth-order valence-corrected chi connectivity index (χ4v) is 2.31. The number of hydrogen-bond acceptors (Lipinski definition) is 2. The van der Waals surface area contributed by atoms with Crippen molar-refractivity contribution < 1.29 is 4.79 Å². The summed E-state index contributed by atoms with van der Waals surface area (Å²) in [6.07, 6.45) is 2.67. The van der Waals surface area contributed by atoms with Crippen LogP contribution in [0.4, 0.5) is 0 Å². The van der Waals surface area contributed by atoms with Gasteiger partial charge in [0.15, 0.2) is 0 Å². The summed E-state index contributed by atoms with van der Waals surface area (Å²) in [5, 5.41) is 3.11. The van der Waals surface area contributed by atoms with E-state index in [1.807, 2.05) is 49.4 Å². The molecule has 0 aliphatic heterocycles. The first-order valence-corrected chi connectivity index (χ1v) is 7.34. The molecule has 0 spiro atoms. The molecule has 0 saturated carbocycles. The average molecular weight is 282 g/mol. The lowest BCUT2D eigenvalue weighted by molar-refractivity contribution is 0.0931. The highest BCUT2D eigenvalue weighted by Gasteiger charge is 2.18. The molecular formula is C18H22N2O. The number of carbonyl (C=O) groups is 1. The first-order valence-electron chi connectivity index (χ1n) is 7.34. The summed E-state index contributed by atoms with van der Waals surface area (Å²) in [5.41, 5.74) is 2.76. The van der Waals surface area contributed by atoms with Gasteiger partial charge < -0.3 is 5.32 Å². The van der Waals surface area contributed by atoms with Crippen molar-refractivity contribution in [1.82, 2.24) is 10.3 Å². The zero-order chi connectivity index (χ0) is 15.2. The van der Waals surface area contributed by atoms with Gasteiger partial charge in [-0.2, -0.15) is 0 Å². The Morgan fingerprint density at radius 2 is 1.90 bits per heavy atom. The van der Waals surface area contributed by atoms with Crippen LogP contribution in [0.15, 0.2) is 48.7 Å². The molecule has 1 heterocycles. The highest BCUT2D eigenvalue weighted by Crippen LogP contribution is 2.21. The van der Waals surface area contributed by atoms with Crippen molar-refractivity contribution in [1.29, 1.82) is 0 Å². The molecule has 3 heteroatoms. The van der Waals surface area contributed by atoms with Gasteiger partial charge in [-0.15, -0.1) is 0 Å². The van der Waals surface area contributed by atoms with Crippen LogP contribution in [0.25, 0.3) is 0 Å². The van der Waals surface area contributed by atoms with Crippen LogP contribution in [0.3, 0.4) is 0 Å². The van der Waals surface area contributed by atoms with Crippen LogP contribution in [-0.2, 0) is 0 Å². The maximum Gasteiger partial charge on any atom is 0.251 e. The molecule has 0 fully saturated rings. The average Bonchev–Trinajstić information content (AvgIpc) is 2.47. The lowest BCUT2D eigenvalue weighted by atomic mass is 9.99. The molecule has 3 nitrogen and oxygen atoms in total. The molecular weight excluding hydrogens is 260 g/mol. The molecule has 1 atom stereocenters. The lowest BCUT2D eigenvalue weighted by Gasteiger charge is -2.20. The number of rotatable bonds is 5. The maximum absolute atomic E-state index is 12.4. The van der Waals surface area contributed by atoms with E-state index in [4.69, 9.17) is 0 Å². The summed E-state index contributed by atoms with van der Waals surface area (Å²) in [6, 6.07) is 13.3. The van der Waals surface area contributed by atoms with E-state index in [1.54, 1.807) is 6.20 Å².